The molecule has 3 rings (SSSR count). The molecule has 0 aliphatic carbocycles. The molecule has 1 aromatic carbocycles. The van der Waals surface area contributed by atoms with Crippen LogP contribution in [0.5, 0.6) is 0 Å². The van der Waals surface area contributed by atoms with Crippen LogP contribution in [-0.4, -0.2) is 26.6 Å². The van der Waals surface area contributed by atoms with Gasteiger partial charge in [0.1, 0.15) is 12.1 Å². The monoisotopic (exact) mass is 334 g/mol. The van der Waals surface area contributed by atoms with Gasteiger partial charge in [-0.05, 0) is 24.3 Å². The molecule has 0 saturated carbocycles. The van der Waals surface area contributed by atoms with Crippen LogP contribution in [0.25, 0.3) is 11.0 Å². The van der Waals surface area contributed by atoms with Gasteiger partial charge >= 0.3 is 0 Å². The molecule has 0 radical (unpaired) electrons. The molecule has 112 valence electrons. The fourth-order valence-electron chi connectivity index (χ4n) is 2.16. The summed E-state index contributed by atoms with van der Waals surface area (Å²) in [6, 6.07) is 8.78. The molecule has 2 heterocycles. The van der Waals surface area contributed by atoms with E-state index in [0.29, 0.717) is 27.1 Å². The Hall–Kier alpha value is -1.95. The van der Waals surface area contributed by atoms with E-state index in [0.717, 1.165) is 5.39 Å². The van der Waals surface area contributed by atoms with Crippen LogP contribution in [0.2, 0.25) is 10.0 Å². The first-order valence-corrected chi connectivity index (χ1v) is 7.34. The largest absolute Gasteiger partial charge is 0.386 e. The second kappa shape index (κ2) is 6.44. The third-order valence-corrected chi connectivity index (χ3v) is 3.86. The molecule has 0 saturated heterocycles. The van der Waals surface area contributed by atoms with E-state index in [1.807, 2.05) is 6.07 Å². The molecular formula is C15H12Cl2N4O. The fraction of sp³-hybridized carbons (Fsp3) is 0.133. The maximum Gasteiger partial charge on any atom is 0.164 e. The first-order valence-electron chi connectivity index (χ1n) is 6.58. The van der Waals surface area contributed by atoms with Crippen molar-refractivity contribution >= 4 is 40.1 Å². The van der Waals surface area contributed by atoms with E-state index in [9.17, 15) is 5.11 Å². The number of benzene rings is 1. The van der Waals surface area contributed by atoms with E-state index >= 15 is 0 Å². The van der Waals surface area contributed by atoms with Gasteiger partial charge in [-0.1, -0.05) is 29.3 Å². The van der Waals surface area contributed by atoms with Gasteiger partial charge in [-0.25, -0.2) is 15.0 Å². The quantitative estimate of drug-likeness (QED) is 0.764. The summed E-state index contributed by atoms with van der Waals surface area (Å²) in [5, 5.41) is 15.0. The van der Waals surface area contributed by atoms with Crippen LogP contribution in [0.4, 0.5) is 5.82 Å². The molecule has 5 nitrogen and oxygen atoms in total. The Bertz CT molecular complexity index is 787. The highest BCUT2D eigenvalue weighted by Crippen LogP contribution is 2.30. The summed E-state index contributed by atoms with van der Waals surface area (Å²) in [5.41, 5.74) is 1.08. The van der Waals surface area contributed by atoms with E-state index in [1.165, 1.54) is 6.33 Å². The van der Waals surface area contributed by atoms with Gasteiger partial charge in [-0.2, -0.15) is 0 Å². The SMILES string of the molecule is OC(CNc1ncnc2ncccc12)c1c(Cl)cccc1Cl. The fourth-order valence-corrected chi connectivity index (χ4v) is 2.81. The van der Waals surface area contributed by atoms with Crippen molar-refractivity contribution in [2.45, 2.75) is 6.10 Å². The molecule has 1 unspecified atom stereocenters. The Balaban J connectivity index is 1.82. The Kier molecular flexibility index (Phi) is 4.38. The highest BCUT2D eigenvalue weighted by atomic mass is 35.5. The minimum absolute atomic E-state index is 0.213. The lowest BCUT2D eigenvalue weighted by Crippen LogP contribution is -2.14. The van der Waals surface area contributed by atoms with Crippen LogP contribution >= 0.6 is 23.2 Å². The van der Waals surface area contributed by atoms with Gasteiger partial charge < -0.3 is 10.4 Å². The van der Waals surface area contributed by atoms with Crippen molar-refractivity contribution in [3.05, 3.63) is 58.5 Å². The van der Waals surface area contributed by atoms with Crippen molar-refractivity contribution in [1.29, 1.82) is 0 Å². The Labute approximate surface area is 137 Å². The van der Waals surface area contributed by atoms with E-state index in [2.05, 4.69) is 20.3 Å². The van der Waals surface area contributed by atoms with E-state index in [-0.39, 0.29) is 6.54 Å². The maximum absolute atomic E-state index is 10.3. The summed E-state index contributed by atoms with van der Waals surface area (Å²) in [6.07, 6.45) is 2.23. The number of pyridine rings is 1. The van der Waals surface area contributed by atoms with E-state index in [1.54, 1.807) is 30.5 Å². The molecule has 22 heavy (non-hydrogen) atoms. The number of nitrogens with zero attached hydrogens (tertiary/aromatic N) is 3. The van der Waals surface area contributed by atoms with Crippen LogP contribution in [0, 0.1) is 0 Å². The first kappa shape index (κ1) is 15.0. The van der Waals surface area contributed by atoms with Crippen LogP contribution in [-0.2, 0) is 0 Å². The Morgan fingerprint density at radius 3 is 2.59 bits per heavy atom. The Morgan fingerprint density at radius 2 is 1.82 bits per heavy atom. The predicted molar refractivity (Wildman–Crippen MR) is 87.2 cm³/mol. The summed E-state index contributed by atoms with van der Waals surface area (Å²) < 4.78 is 0. The summed E-state index contributed by atoms with van der Waals surface area (Å²) in [5.74, 6) is 0.598. The lowest BCUT2D eigenvalue weighted by Gasteiger charge is -2.16. The highest BCUT2D eigenvalue weighted by molar-refractivity contribution is 6.36. The highest BCUT2D eigenvalue weighted by Gasteiger charge is 2.16. The number of aromatic nitrogens is 3. The minimum atomic E-state index is -0.858. The number of hydrogen-bond acceptors (Lipinski definition) is 5. The van der Waals surface area contributed by atoms with E-state index < -0.39 is 6.10 Å². The van der Waals surface area contributed by atoms with Crippen molar-refractivity contribution in [2.75, 3.05) is 11.9 Å². The summed E-state index contributed by atoms with van der Waals surface area (Å²) in [6.45, 7) is 0.213. The minimum Gasteiger partial charge on any atom is -0.386 e. The number of aliphatic hydroxyl groups is 1. The first-order chi connectivity index (χ1) is 10.7. The summed E-state index contributed by atoms with van der Waals surface area (Å²) in [7, 11) is 0. The van der Waals surface area contributed by atoms with Gasteiger partial charge in [0.25, 0.3) is 0 Å². The second-order valence-corrected chi connectivity index (χ2v) is 5.44. The van der Waals surface area contributed by atoms with Crippen molar-refractivity contribution in [3.8, 4) is 0 Å². The summed E-state index contributed by atoms with van der Waals surface area (Å²) in [4.78, 5) is 12.4. The molecule has 0 spiro atoms. The molecule has 2 aromatic heterocycles. The number of halogens is 2. The third-order valence-electron chi connectivity index (χ3n) is 3.20. The van der Waals surface area contributed by atoms with Crippen LogP contribution in [0.1, 0.15) is 11.7 Å². The molecule has 2 N–H and O–H groups in total. The van der Waals surface area contributed by atoms with Gasteiger partial charge in [0.05, 0.1) is 11.5 Å². The van der Waals surface area contributed by atoms with Gasteiger partial charge in [0.15, 0.2) is 5.65 Å². The maximum atomic E-state index is 10.3. The smallest absolute Gasteiger partial charge is 0.164 e. The molecule has 0 aliphatic rings. The molecule has 0 amide bonds. The van der Waals surface area contributed by atoms with Crippen molar-refractivity contribution < 1.29 is 5.11 Å². The number of aliphatic hydroxyl groups excluding tert-OH is 1. The van der Waals surface area contributed by atoms with Crippen molar-refractivity contribution in [1.82, 2.24) is 15.0 Å². The van der Waals surface area contributed by atoms with Gasteiger partial charge in [-0.15, -0.1) is 0 Å². The molecular weight excluding hydrogens is 323 g/mol. The molecule has 0 fully saturated rings. The number of fused-ring (bicyclic) bond motifs is 1. The molecule has 1 atom stereocenters. The molecule has 3 aromatic rings. The van der Waals surface area contributed by atoms with Gasteiger partial charge in [0.2, 0.25) is 0 Å². The number of nitrogens with one attached hydrogen (secondary N) is 1. The zero-order valence-electron chi connectivity index (χ0n) is 11.4. The van der Waals surface area contributed by atoms with Crippen LogP contribution in [0.3, 0.4) is 0 Å². The average Bonchev–Trinajstić information content (AvgIpc) is 2.52. The number of rotatable bonds is 4. The topological polar surface area (TPSA) is 70.9 Å². The molecule has 7 heteroatoms. The lowest BCUT2D eigenvalue weighted by molar-refractivity contribution is 0.192. The second-order valence-electron chi connectivity index (χ2n) is 4.63. The normalized spacial score (nSPS) is 12.3. The predicted octanol–water partition coefficient (Wildman–Crippen LogP) is 3.48. The zero-order chi connectivity index (χ0) is 15.5. The number of hydrogen-bond donors (Lipinski definition) is 2. The molecule has 0 bridgehead atoms. The van der Waals surface area contributed by atoms with Gasteiger partial charge in [-0.3, -0.25) is 0 Å². The standard InChI is InChI=1S/C15H12Cl2N4O/c16-10-4-1-5-11(17)13(10)12(22)7-19-15-9-3-2-6-18-14(9)20-8-21-15/h1-6,8,12,22H,7H2,(H,18,19,20,21). The average molecular weight is 335 g/mol. The van der Waals surface area contributed by atoms with Crippen LogP contribution < -0.4 is 5.32 Å². The van der Waals surface area contributed by atoms with Crippen LogP contribution in [0.15, 0.2) is 42.9 Å². The Morgan fingerprint density at radius 1 is 1.05 bits per heavy atom. The zero-order valence-corrected chi connectivity index (χ0v) is 12.9. The van der Waals surface area contributed by atoms with Crippen molar-refractivity contribution in [2.24, 2.45) is 0 Å². The lowest BCUT2D eigenvalue weighted by atomic mass is 10.1. The van der Waals surface area contributed by atoms with E-state index in [4.69, 9.17) is 23.2 Å². The van der Waals surface area contributed by atoms with Gasteiger partial charge in [0, 0.05) is 28.4 Å². The number of anilines is 1. The summed E-state index contributed by atoms with van der Waals surface area (Å²) >= 11 is 12.2. The third kappa shape index (κ3) is 2.97. The van der Waals surface area contributed by atoms with Crippen molar-refractivity contribution in [3.63, 3.8) is 0 Å². The molecule has 0 aliphatic heterocycles.